The van der Waals surface area contributed by atoms with E-state index in [-0.39, 0.29) is 0 Å². The topological polar surface area (TPSA) is 26.0 Å². The Kier molecular flexibility index (Phi) is 2.51. The Balaban J connectivity index is 2.14. The summed E-state index contributed by atoms with van der Waals surface area (Å²) < 4.78 is 5.87. The Labute approximate surface area is 120 Å². The molecule has 0 aliphatic carbocycles. The van der Waals surface area contributed by atoms with Gasteiger partial charge >= 0.3 is 0 Å². The molecule has 0 amide bonds. The molecule has 2 aromatic carbocycles. The molecule has 2 aromatic heterocycles. The van der Waals surface area contributed by atoms with Gasteiger partial charge in [-0.05, 0) is 35.4 Å². The van der Waals surface area contributed by atoms with E-state index in [1.165, 1.54) is 0 Å². The molecule has 4 rings (SSSR count). The van der Waals surface area contributed by atoms with Crippen LogP contribution < -0.4 is 0 Å². The minimum absolute atomic E-state index is 0.727. The molecule has 20 heavy (non-hydrogen) atoms. The SMILES string of the molecule is Clc1cccc(-c2cccc3oc4ccncc4c23)c1. The van der Waals surface area contributed by atoms with E-state index in [4.69, 9.17) is 16.0 Å². The Morgan fingerprint density at radius 3 is 2.75 bits per heavy atom. The van der Waals surface area contributed by atoms with Crippen LogP contribution in [0.4, 0.5) is 0 Å². The van der Waals surface area contributed by atoms with E-state index in [0.29, 0.717) is 0 Å². The quantitative estimate of drug-likeness (QED) is 0.472. The van der Waals surface area contributed by atoms with Crippen LogP contribution in [0.2, 0.25) is 5.02 Å². The van der Waals surface area contributed by atoms with Gasteiger partial charge in [0.2, 0.25) is 0 Å². The number of rotatable bonds is 1. The van der Waals surface area contributed by atoms with E-state index in [9.17, 15) is 0 Å². The van der Waals surface area contributed by atoms with E-state index >= 15 is 0 Å². The zero-order valence-corrected chi connectivity index (χ0v) is 11.3. The summed E-state index contributed by atoms with van der Waals surface area (Å²) in [6.07, 6.45) is 3.58. The molecule has 0 aliphatic rings. The van der Waals surface area contributed by atoms with E-state index < -0.39 is 0 Å². The molecule has 0 bridgehead atoms. The van der Waals surface area contributed by atoms with Gasteiger partial charge in [-0.3, -0.25) is 4.98 Å². The number of hydrogen-bond donors (Lipinski definition) is 0. The summed E-state index contributed by atoms with van der Waals surface area (Å²) in [7, 11) is 0. The lowest BCUT2D eigenvalue weighted by atomic mass is 10.0. The van der Waals surface area contributed by atoms with Gasteiger partial charge in [0.15, 0.2) is 0 Å². The van der Waals surface area contributed by atoms with Gasteiger partial charge < -0.3 is 4.42 Å². The fourth-order valence-electron chi connectivity index (χ4n) is 2.57. The van der Waals surface area contributed by atoms with Gasteiger partial charge in [0.1, 0.15) is 11.2 Å². The maximum absolute atomic E-state index is 6.10. The highest BCUT2D eigenvalue weighted by Gasteiger charge is 2.12. The Morgan fingerprint density at radius 1 is 0.950 bits per heavy atom. The van der Waals surface area contributed by atoms with E-state index in [2.05, 4.69) is 17.1 Å². The summed E-state index contributed by atoms with van der Waals surface area (Å²) in [5.41, 5.74) is 3.90. The number of aromatic nitrogens is 1. The monoisotopic (exact) mass is 279 g/mol. The highest BCUT2D eigenvalue weighted by molar-refractivity contribution is 6.31. The predicted octanol–water partition coefficient (Wildman–Crippen LogP) is 5.30. The third kappa shape index (κ3) is 1.69. The van der Waals surface area contributed by atoms with Crippen molar-refractivity contribution in [1.82, 2.24) is 4.98 Å². The number of benzene rings is 2. The number of pyridine rings is 1. The standard InChI is InChI=1S/C17H10ClNO/c18-12-4-1-3-11(9-12)13-5-2-6-16-17(13)14-10-19-8-7-15(14)20-16/h1-10H. The van der Waals surface area contributed by atoms with Gasteiger partial charge in [0.25, 0.3) is 0 Å². The van der Waals surface area contributed by atoms with Crippen LogP contribution in [0.1, 0.15) is 0 Å². The van der Waals surface area contributed by atoms with Crippen molar-refractivity contribution in [3.05, 3.63) is 65.9 Å². The van der Waals surface area contributed by atoms with Crippen LogP contribution >= 0.6 is 11.6 Å². The molecule has 2 heterocycles. The lowest BCUT2D eigenvalue weighted by molar-refractivity contribution is 0.668. The van der Waals surface area contributed by atoms with Crippen molar-refractivity contribution >= 4 is 33.5 Å². The first-order valence-corrected chi connectivity index (χ1v) is 6.72. The van der Waals surface area contributed by atoms with Gasteiger partial charge in [-0.25, -0.2) is 0 Å². The lowest BCUT2D eigenvalue weighted by Crippen LogP contribution is -1.79. The summed E-state index contributed by atoms with van der Waals surface area (Å²) in [5.74, 6) is 0. The molecule has 0 N–H and O–H groups in total. The van der Waals surface area contributed by atoms with Crippen LogP contribution in [0.25, 0.3) is 33.1 Å². The summed E-state index contributed by atoms with van der Waals surface area (Å²) in [4.78, 5) is 4.20. The van der Waals surface area contributed by atoms with E-state index in [1.807, 2.05) is 42.6 Å². The smallest absolute Gasteiger partial charge is 0.138 e. The number of furan rings is 1. The maximum Gasteiger partial charge on any atom is 0.138 e. The molecular formula is C17H10ClNO. The van der Waals surface area contributed by atoms with Crippen molar-refractivity contribution in [1.29, 1.82) is 0 Å². The number of fused-ring (bicyclic) bond motifs is 3. The van der Waals surface area contributed by atoms with Gasteiger partial charge in [-0.2, -0.15) is 0 Å². The number of hydrogen-bond acceptors (Lipinski definition) is 2. The first-order chi connectivity index (χ1) is 9.83. The summed E-state index contributed by atoms with van der Waals surface area (Å²) >= 11 is 6.10. The molecule has 0 radical (unpaired) electrons. The van der Waals surface area contributed by atoms with Crippen molar-refractivity contribution in [3.8, 4) is 11.1 Å². The zero-order chi connectivity index (χ0) is 13.5. The molecule has 0 saturated carbocycles. The first kappa shape index (κ1) is 11.5. The molecule has 2 nitrogen and oxygen atoms in total. The van der Waals surface area contributed by atoms with Crippen LogP contribution in [-0.4, -0.2) is 4.98 Å². The zero-order valence-electron chi connectivity index (χ0n) is 10.5. The molecule has 0 unspecified atom stereocenters. The second kappa shape index (κ2) is 4.36. The minimum atomic E-state index is 0.727. The summed E-state index contributed by atoms with van der Waals surface area (Å²) in [5, 5.41) is 2.83. The molecule has 96 valence electrons. The van der Waals surface area contributed by atoms with Crippen molar-refractivity contribution in [3.63, 3.8) is 0 Å². The normalized spacial score (nSPS) is 11.2. The van der Waals surface area contributed by atoms with Crippen LogP contribution in [0.3, 0.4) is 0 Å². The molecule has 0 fully saturated rings. The van der Waals surface area contributed by atoms with Gasteiger partial charge in [-0.1, -0.05) is 35.9 Å². The number of halogens is 1. The third-order valence-corrected chi connectivity index (χ3v) is 3.67. The van der Waals surface area contributed by atoms with Gasteiger partial charge in [0.05, 0.1) is 0 Å². The lowest BCUT2D eigenvalue weighted by Gasteiger charge is -2.04. The molecule has 0 spiro atoms. The Bertz CT molecular complexity index is 926. The molecule has 4 aromatic rings. The summed E-state index contributed by atoms with van der Waals surface area (Å²) in [6.45, 7) is 0. The van der Waals surface area contributed by atoms with Crippen molar-refractivity contribution < 1.29 is 4.42 Å². The minimum Gasteiger partial charge on any atom is -0.456 e. The second-order valence-corrected chi connectivity index (χ2v) is 5.10. The largest absolute Gasteiger partial charge is 0.456 e. The third-order valence-electron chi connectivity index (χ3n) is 3.43. The van der Waals surface area contributed by atoms with Crippen molar-refractivity contribution in [2.24, 2.45) is 0 Å². The van der Waals surface area contributed by atoms with Crippen molar-refractivity contribution in [2.45, 2.75) is 0 Å². The molecule has 0 saturated heterocycles. The van der Waals surface area contributed by atoms with Crippen molar-refractivity contribution in [2.75, 3.05) is 0 Å². The molecule has 0 atom stereocenters. The van der Waals surface area contributed by atoms with E-state index in [0.717, 1.165) is 38.1 Å². The number of nitrogens with zero attached hydrogens (tertiary/aromatic N) is 1. The van der Waals surface area contributed by atoms with Crippen LogP contribution in [0.15, 0.2) is 65.3 Å². The Morgan fingerprint density at radius 2 is 1.85 bits per heavy atom. The average Bonchev–Trinajstić information content (AvgIpc) is 2.85. The highest BCUT2D eigenvalue weighted by Crippen LogP contribution is 2.36. The molecule has 3 heteroatoms. The Hall–Kier alpha value is -2.32. The maximum atomic E-state index is 6.10. The second-order valence-electron chi connectivity index (χ2n) is 4.66. The van der Waals surface area contributed by atoms with Crippen LogP contribution in [-0.2, 0) is 0 Å². The van der Waals surface area contributed by atoms with Gasteiger partial charge in [-0.15, -0.1) is 0 Å². The summed E-state index contributed by atoms with van der Waals surface area (Å²) in [6, 6.07) is 15.8. The molecule has 0 aliphatic heterocycles. The fourth-order valence-corrected chi connectivity index (χ4v) is 2.76. The average molecular weight is 280 g/mol. The van der Waals surface area contributed by atoms with Crippen LogP contribution in [0.5, 0.6) is 0 Å². The molecular weight excluding hydrogens is 270 g/mol. The fraction of sp³-hybridized carbons (Fsp3) is 0. The van der Waals surface area contributed by atoms with Gasteiger partial charge in [0, 0.05) is 28.2 Å². The van der Waals surface area contributed by atoms with Crippen LogP contribution in [0, 0.1) is 0 Å². The predicted molar refractivity (Wildman–Crippen MR) is 82.0 cm³/mol. The first-order valence-electron chi connectivity index (χ1n) is 6.34. The van der Waals surface area contributed by atoms with E-state index in [1.54, 1.807) is 6.20 Å². The highest BCUT2D eigenvalue weighted by atomic mass is 35.5.